The Kier molecular flexibility index (Phi) is 2.17. The fourth-order valence-corrected chi connectivity index (χ4v) is 3.66. The van der Waals surface area contributed by atoms with E-state index in [1.54, 1.807) is 6.92 Å². The molecule has 2 unspecified atom stereocenters. The number of hydrogen-bond donors (Lipinski definition) is 2. The molecule has 5 nitrogen and oxygen atoms in total. The second-order valence-corrected chi connectivity index (χ2v) is 5.75. The molecule has 0 aromatic rings. The Bertz CT molecular complexity index is 310. The summed E-state index contributed by atoms with van der Waals surface area (Å²) in [5.41, 5.74) is -0.566. The second kappa shape index (κ2) is 3.17. The molecular weight excluding hydrogens is 208 g/mol. The predicted octanol–water partition coefficient (Wildman–Crippen LogP) is 1.06. The van der Waals surface area contributed by atoms with Crippen molar-refractivity contribution in [2.24, 2.45) is 0 Å². The number of nitrogens with zero attached hydrogens (tertiary/aromatic N) is 2. The van der Waals surface area contributed by atoms with Gasteiger partial charge < -0.3 is 10.3 Å². The van der Waals surface area contributed by atoms with E-state index in [-0.39, 0.29) is 12.1 Å². The Hall–Kier alpha value is -0.200. The van der Waals surface area contributed by atoms with Crippen LogP contribution in [0.5, 0.6) is 0 Å². The molecule has 1 aliphatic carbocycles. The van der Waals surface area contributed by atoms with Crippen LogP contribution in [0.15, 0.2) is 0 Å². The standard InChI is InChI=1S/C11H20N2O3/c1-10-7-11(2,14)16-13(10)9-6-4-3-5-8(9)12(10)15/h8-9,14-15H,3-7H2,1-2H3/t8?,9-,10+,11?/m0/s1. The van der Waals surface area contributed by atoms with Gasteiger partial charge in [0.2, 0.25) is 0 Å². The molecule has 92 valence electrons. The monoisotopic (exact) mass is 228 g/mol. The Morgan fingerprint density at radius 2 is 1.81 bits per heavy atom. The van der Waals surface area contributed by atoms with Crippen molar-refractivity contribution in [2.45, 2.75) is 69.5 Å². The van der Waals surface area contributed by atoms with E-state index in [4.69, 9.17) is 4.84 Å². The van der Waals surface area contributed by atoms with Gasteiger partial charge in [0.05, 0.1) is 12.1 Å². The van der Waals surface area contributed by atoms with E-state index in [0.717, 1.165) is 12.8 Å². The highest BCUT2D eigenvalue weighted by atomic mass is 16.8. The third-order valence-electron chi connectivity index (χ3n) is 4.24. The maximum Gasteiger partial charge on any atom is 0.185 e. The van der Waals surface area contributed by atoms with Gasteiger partial charge in [-0.1, -0.05) is 12.8 Å². The van der Waals surface area contributed by atoms with Gasteiger partial charge in [-0.25, -0.2) is 0 Å². The highest BCUT2D eigenvalue weighted by molar-refractivity contribution is 5.04. The number of hydroxylamine groups is 4. The van der Waals surface area contributed by atoms with Gasteiger partial charge in [0.15, 0.2) is 5.79 Å². The predicted molar refractivity (Wildman–Crippen MR) is 56.2 cm³/mol. The molecule has 2 saturated heterocycles. The van der Waals surface area contributed by atoms with Crippen molar-refractivity contribution < 1.29 is 15.2 Å². The first-order chi connectivity index (χ1) is 7.44. The molecule has 0 amide bonds. The van der Waals surface area contributed by atoms with Crippen LogP contribution in [0.2, 0.25) is 0 Å². The van der Waals surface area contributed by atoms with Gasteiger partial charge in [0.25, 0.3) is 0 Å². The molecular formula is C11H20N2O3. The fraction of sp³-hybridized carbons (Fsp3) is 1.00. The van der Waals surface area contributed by atoms with Crippen LogP contribution in [-0.2, 0) is 4.84 Å². The van der Waals surface area contributed by atoms with Crippen LogP contribution in [0.25, 0.3) is 0 Å². The quantitative estimate of drug-likeness (QED) is 0.649. The molecule has 1 saturated carbocycles. The van der Waals surface area contributed by atoms with Crippen LogP contribution >= 0.6 is 0 Å². The topological polar surface area (TPSA) is 56.2 Å². The molecule has 0 spiro atoms. The molecule has 2 heterocycles. The van der Waals surface area contributed by atoms with Gasteiger partial charge in [-0.05, 0) is 26.7 Å². The van der Waals surface area contributed by atoms with Gasteiger partial charge in [-0.15, -0.1) is 0 Å². The highest BCUT2D eigenvalue weighted by Crippen LogP contribution is 2.49. The highest BCUT2D eigenvalue weighted by Gasteiger charge is 2.63. The Morgan fingerprint density at radius 1 is 1.19 bits per heavy atom. The van der Waals surface area contributed by atoms with Crippen LogP contribution in [0.3, 0.4) is 0 Å². The summed E-state index contributed by atoms with van der Waals surface area (Å²) in [6.45, 7) is 3.59. The zero-order valence-electron chi connectivity index (χ0n) is 9.89. The first-order valence-electron chi connectivity index (χ1n) is 6.13. The fourth-order valence-electron chi connectivity index (χ4n) is 3.66. The van der Waals surface area contributed by atoms with Crippen molar-refractivity contribution in [1.82, 2.24) is 10.1 Å². The summed E-state index contributed by atoms with van der Waals surface area (Å²) in [7, 11) is 0. The molecule has 0 radical (unpaired) electrons. The molecule has 2 N–H and O–H groups in total. The summed E-state index contributed by atoms with van der Waals surface area (Å²) in [5.74, 6) is -1.15. The molecule has 3 rings (SSSR count). The van der Waals surface area contributed by atoms with Crippen molar-refractivity contribution in [3.8, 4) is 0 Å². The smallest absolute Gasteiger partial charge is 0.185 e. The van der Waals surface area contributed by atoms with Crippen molar-refractivity contribution in [1.29, 1.82) is 0 Å². The first-order valence-corrected chi connectivity index (χ1v) is 6.13. The largest absolute Gasteiger partial charge is 0.364 e. The van der Waals surface area contributed by atoms with Gasteiger partial charge in [0.1, 0.15) is 5.66 Å². The summed E-state index contributed by atoms with van der Waals surface area (Å²) < 4.78 is 0. The Balaban J connectivity index is 1.93. The minimum atomic E-state index is -1.15. The van der Waals surface area contributed by atoms with Crippen LogP contribution in [0.4, 0.5) is 0 Å². The lowest BCUT2D eigenvalue weighted by molar-refractivity contribution is -0.300. The van der Waals surface area contributed by atoms with Crippen molar-refractivity contribution >= 4 is 0 Å². The molecule has 0 aromatic carbocycles. The number of hydrogen-bond acceptors (Lipinski definition) is 5. The molecule has 4 atom stereocenters. The molecule has 5 heteroatoms. The van der Waals surface area contributed by atoms with Crippen LogP contribution in [0.1, 0.15) is 46.0 Å². The van der Waals surface area contributed by atoms with Gasteiger partial charge in [-0.2, -0.15) is 10.1 Å². The SMILES string of the molecule is CC1(O)C[C@]2(C)N(O)C3CCCC[C@@H]3N2O1. The zero-order chi connectivity index (χ0) is 11.6. The number of fused-ring (bicyclic) bond motifs is 3. The van der Waals surface area contributed by atoms with E-state index in [0.29, 0.717) is 6.42 Å². The summed E-state index contributed by atoms with van der Waals surface area (Å²) in [4.78, 5) is 5.60. The maximum atomic E-state index is 10.3. The Labute approximate surface area is 95.5 Å². The van der Waals surface area contributed by atoms with Gasteiger partial charge >= 0.3 is 0 Å². The van der Waals surface area contributed by atoms with Crippen LogP contribution < -0.4 is 0 Å². The van der Waals surface area contributed by atoms with E-state index >= 15 is 0 Å². The minimum absolute atomic E-state index is 0.162. The lowest BCUT2D eigenvalue weighted by Crippen LogP contribution is -2.47. The van der Waals surface area contributed by atoms with Crippen molar-refractivity contribution in [3.63, 3.8) is 0 Å². The van der Waals surface area contributed by atoms with E-state index in [1.165, 1.54) is 17.9 Å². The van der Waals surface area contributed by atoms with Gasteiger partial charge in [0, 0.05) is 6.42 Å². The average Bonchev–Trinajstić information content (AvgIpc) is 2.57. The zero-order valence-corrected chi connectivity index (χ0v) is 9.89. The lowest BCUT2D eigenvalue weighted by Gasteiger charge is -2.32. The molecule has 3 aliphatic rings. The number of rotatable bonds is 0. The summed E-state index contributed by atoms with van der Waals surface area (Å²) >= 11 is 0. The molecule has 2 aliphatic heterocycles. The van der Waals surface area contributed by atoms with E-state index in [1.807, 2.05) is 12.0 Å². The lowest BCUT2D eigenvalue weighted by atomic mass is 9.91. The third kappa shape index (κ3) is 1.29. The van der Waals surface area contributed by atoms with Gasteiger partial charge in [-0.3, -0.25) is 4.84 Å². The molecule has 3 fully saturated rings. The normalized spacial score (nSPS) is 54.0. The number of aliphatic hydroxyl groups is 1. The summed E-state index contributed by atoms with van der Waals surface area (Å²) in [6.07, 6.45) is 4.81. The minimum Gasteiger partial charge on any atom is -0.364 e. The van der Waals surface area contributed by atoms with Crippen molar-refractivity contribution in [2.75, 3.05) is 0 Å². The average molecular weight is 228 g/mol. The van der Waals surface area contributed by atoms with Crippen molar-refractivity contribution in [3.05, 3.63) is 0 Å². The van der Waals surface area contributed by atoms with Crippen LogP contribution in [0, 0.1) is 0 Å². The van der Waals surface area contributed by atoms with E-state index in [2.05, 4.69) is 0 Å². The molecule has 0 bridgehead atoms. The summed E-state index contributed by atoms with van der Waals surface area (Å²) in [5, 5.41) is 23.5. The molecule has 16 heavy (non-hydrogen) atoms. The first kappa shape index (κ1) is 10.9. The maximum absolute atomic E-state index is 10.3. The Morgan fingerprint density at radius 3 is 2.50 bits per heavy atom. The second-order valence-electron chi connectivity index (χ2n) is 5.75. The van der Waals surface area contributed by atoms with Crippen LogP contribution in [-0.4, -0.2) is 44.0 Å². The van der Waals surface area contributed by atoms with E-state index in [9.17, 15) is 10.3 Å². The van der Waals surface area contributed by atoms with E-state index < -0.39 is 11.4 Å². The third-order valence-corrected chi connectivity index (χ3v) is 4.24. The summed E-state index contributed by atoms with van der Waals surface area (Å²) in [6, 6.07) is 0.382. The molecule has 0 aromatic heterocycles.